The second kappa shape index (κ2) is 3.92. The Hall–Kier alpha value is -1.91. The first-order valence-electron chi connectivity index (χ1n) is 5.04. The molecule has 1 saturated carbocycles. The fourth-order valence-electron chi connectivity index (χ4n) is 1.60. The van der Waals surface area contributed by atoms with Gasteiger partial charge in [0.15, 0.2) is 0 Å². The van der Waals surface area contributed by atoms with Crippen LogP contribution >= 0.6 is 0 Å². The Morgan fingerprint density at radius 3 is 2.81 bits per heavy atom. The van der Waals surface area contributed by atoms with Crippen molar-refractivity contribution in [3.05, 3.63) is 24.0 Å². The molecule has 0 radical (unpaired) electrons. The smallest absolute Gasteiger partial charge is 0.307 e. The predicted molar refractivity (Wildman–Crippen MR) is 56.8 cm³/mol. The molecule has 1 fully saturated rings. The van der Waals surface area contributed by atoms with Gasteiger partial charge in [-0.1, -0.05) is 0 Å². The maximum absolute atomic E-state index is 11.6. The summed E-state index contributed by atoms with van der Waals surface area (Å²) in [7, 11) is 0. The molecule has 0 saturated heterocycles. The summed E-state index contributed by atoms with van der Waals surface area (Å²) in [5.74, 6) is -2.01. The number of hydrogen-bond acceptors (Lipinski definition) is 3. The Kier molecular flexibility index (Phi) is 2.60. The molecule has 84 valence electrons. The van der Waals surface area contributed by atoms with E-state index in [0.717, 1.165) is 5.56 Å². The van der Waals surface area contributed by atoms with E-state index >= 15 is 0 Å². The maximum Gasteiger partial charge on any atom is 0.307 e. The van der Waals surface area contributed by atoms with Crippen LogP contribution in [0.25, 0.3) is 0 Å². The van der Waals surface area contributed by atoms with E-state index in [0.29, 0.717) is 12.1 Å². The molecule has 1 aliphatic carbocycles. The third kappa shape index (κ3) is 2.03. The molecule has 1 heterocycles. The van der Waals surface area contributed by atoms with E-state index in [1.165, 1.54) is 0 Å². The highest BCUT2D eigenvalue weighted by Gasteiger charge is 2.48. The normalized spacial score (nSPS) is 22.6. The second-order valence-electron chi connectivity index (χ2n) is 3.97. The average Bonchev–Trinajstić information content (AvgIpc) is 3.01. The third-order valence-electron chi connectivity index (χ3n) is 2.72. The molecule has 0 unspecified atom stereocenters. The van der Waals surface area contributed by atoms with Crippen LogP contribution in [-0.4, -0.2) is 22.0 Å². The number of carbonyl (C=O) groups excluding carboxylic acids is 1. The van der Waals surface area contributed by atoms with Crippen LogP contribution in [0.4, 0.5) is 5.69 Å². The summed E-state index contributed by atoms with van der Waals surface area (Å²) in [5.41, 5.74) is 1.56. The van der Waals surface area contributed by atoms with Gasteiger partial charge in [0.2, 0.25) is 5.91 Å². The van der Waals surface area contributed by atoms with Crippen molar-refractivity contribution in [2.75, 3.05) is 5.32 Å². The van der Waals surface area contributed by atoms with Gasteiger partial charge in [0.1, 0.15) is 0 Å². The number of hydrogen-bond donors (Lipinski definition) is 2. The fourth-order valence-corrected chi connectivity index (χ4v) is 1.60. The number of carboxylic acids is 1. The number of carbonyl (C=O) groups is 2. The van der Waals surface area contributed by atoms with E-state index in [1.54, 1.807) is 18.5 Å². The molecule has 16 heavy (non-hydrogen) atoms. The van der Waals surface area contributed by atoms with Crippen molar-refractivity contribution in [2.24, 2.45) is 11.8 Å². The van der Waals surface area contributed by atoms with Gasteiger partial charge in [0, 0.05) is 18.1 Å². The van der Waals surface area contributed by atoms with Crippen molar-refractivity contribution in [2.45, 2.75) is 13.3 Å². The monoisotopic (exact) mass is 220 g/mol. The first-order chi connectivity index (χ1) is 7.59. The summed E-state index contributed by atoms with van der Waals surface area (Å²) in [6.45, 7) is 1.84. The zero-order valence-electron chi connectivity index (χ0n) is 8.80. The highest BCUT2D eigenvalue weighted by atomic mass is 16.4. The van der Waals surface area contributed by atoms with Crippen LogP contribution in [-0.2, 0) is 9.59 Å². The number of aryl methyl sites for hydroxylation is 1. The lowest BCUT2D eigenvalue weighted by Crippen LogP contribution is -2.17. The van der Waals surface area contributed by atoms with Crippen molar-refractivity contribution in [3.63, 3.8) is 0 Å². The van der Waals surface area contributed by atoms with Crippen molar-refractivity contribution in [1.82, 2.24) is 4.98 Å². The van der Waals surface area contributed by atoms with E-state index in [-0.39, 0.29) is 11.8 Å². The van der Waals surface area contributed by atoms with E-state index in [4.69, 9.17) is 5.11 Å². The van der Waals surface area contributed by atoms with Gasteiger partial charge in [-0.25, -0.2) is 0 Å². The lowest BCUT2D eigenvalue weighted by molar-refractivity contribution is -0.139. The molecule has 5 nitrogen and oxygen atoms in total. The first kappa shape index (κ1) is 10.6. The van der Waals surface area contributed by atoms with Crippen LogP contribution in [0.2, 0.25) is 0 Å². The van der Waals surface area contributed by atoms with Gasteiger partial charge in [-0.15, -0.1) is 0 Å². The van der Waals surface area contributed by atoms with Gasteiger partial charge >= 0.3 is 5.97 Å². The Bertz CT molecular complexity index is 445. The van der Waals surface area contributed by atoms with Gasteiger partial charge in [0.25, 0.3) is 0 Å². The summed E-state index contributed by atoms with van der Waals surface area (Å²) in [4.78, 5) is 26.2. The number of aliphatic carboxylic acids is 1. The Balaban J connectivity index is 1.99. The number of amides is 1. The Morgan fingerprint density at radius 1 is 1.50 bits per heavy atom. The molecular formula is C11H12N2O3. The zero-order valence-corrected chi connectivity index (χ0v) is 8.80. The standard InChI is InChI=1S/C11H12N2O3/c1-6-5-12-3-2-9(6)13-10(14)7-4-8(7)11(15)16/h2-3,5,7-8H,4H2,1H3,(H,15,16)(H,12,13,14)/t7-,8+/m1/s1. The molecule has 1 aliphatic rings. The predicted octanol–water partition coefficient (Wildman–Crippen LogP) is 1.05. The summed E-state index contributed by atoms with van der Waals surface area (Å²) in [6, 6.07) is 1.70. The number of anilines is 1. The van der Waals surface area contributed by atoms with Crippen LogP contribution in [0.15, 0.2) is 18.5 Å². The molecule has 0 spiro atoms. The van der Waals surface area contributed by atoms with Crippen LogP contribution in [0, 0.1) is 18.8 Å². The molecular weight excluding hydrogens is 208 g/mol. The van der Waals surface area contributed by atoms with Gasteiger partial charge in [0.05, 0.1) is 11.8 Å². The van der Waals surface area contributed by atoms with Crippen molar-refractivity contribution < 1.29 is 14.7 Å². The number of carboxylic acid groups (broad SMARTS) is 1. The molecule has 2 atom stereocenters. The van der Waals surface area contributed by atoms with Crippen molar-refractivity contribution in [3.8, 4) is 0 Å². The number of pyridine rings is 1. The summed E-state index contributed by atoms with van der Waals surface area (Å²) < 4.78 is 0. The number of aromatic nitrogens is 1. The minimum atomic E-state index is -0.897. The third-order valence-corrected chi connectivity index (χ3v) is 2.72. The van der Waals surface area contributed by atoms with Crippen LogP contribution in [0.3, 0.4) is 0 Å². The zero-order chi connectivity index (χ0) is 11.7. The van der Waals surface area contributed by atoms with E-state index < -0.39 is 11.9 Å². The van der Waals surface area contributed by atoms with Crippen LogP contribution in [0.5, 0.6) is 0 Å². The largest absolute Gasteiger partial charge is 0.481 e. The van der Waals surface area contributed by atoms with Gasteiger partial charge in [-0.2, -0.15) is 0 Å². The highest BCUT2D eigenvalue weighted by molar-refractivity contribution is 5.98. The second-order valence-corrected chi connectivity index (χ2v) is 3.97. The quantitative estimate of drug-likeness (QED) is 0.797. The minimum absolute atomic E-state index is 0.221. The minimum Gasteiger partial charge on any atom is -0.481 e. The topological polar surface area (TPSA) is 79.3 Å². The van der Waals surface area contributed by atoms with E-state index in [9.17, 15) is 9.59 Å². The molecule has 1 aromatic heterocycles. The van der Waals surface area contributed by atoms with Crippen molar-refractivity contribution >= 4 is 17.6 Å². The van der Waals surface area contributed by atoms with Crippen LogP contribution in [0.1, 0.15) is 12.0 Å². The molecule has 0 bridgehead atoms. The summed E-state index contributed by atoms with van der Waals surface area (Å²) in [5, 5.41) is 11.4. The van der Waals surface area contributed by atoms with Crippen LogP contribution < -0.4 is 5.32 Å². The summed E-state index contributed by atoms with van der Waals surface area (Å²) in [6.07, 6.45) is 3.67. The number of rotatable bonds is 3. The van der Waals surface area contributed by atoms with Gasteiger partial charge in [-0.05, 0) is 25.0 Å². The summed E-state index contributed by atoms with van der Waals surface area (Å²) >= 11 is 0. The molecule has 5 heteroatoms. The highest BCUT2D eigenvalue weighted by Crippen LogP contribution is 2.39. The molecule has 0 aromatic carbocycles. The molecule has 2 N–H and O–H groups in total. The lowest BCUT2D eigenvalue weighted by Gasteiger charge is -2.06. The SMILES string of the molecule is Cc1cnccc1NC(=O)[C@@H]1C[C@@H]1C(=O)O. The average molecular weight is 220 g/mol. The van der Waals surface area contributed by atoms with E-state index in [1.807, 2.05) is 6.92 Å². The maximum atomic E-state index is 11.6. The molecule has 0 aliphatic heterocycles. The Labute approximate surface area is 92.5 Å². The van der Waals surface area contributed by atoms with Gasteiger partial charge in [-0.3, -0.25) is 14.6 Å². The molecule has 2 rings (SSSR count). The number of nitrogens with zero attached hydrogens (tertiary/aromatic N) is 1. The van der Waals surface area contributed by atoms with Crippen molar-refractivity contribution in [1.29, 1.82) is 0 Å². The molecule has 1 aromatic rings. The lowest BCUT2D eigenvalue weighted by atomic mass is 10.2. The fraction of sp³-hybridized carbons (Fsp3) is 0.364. The first-order valence-corrected chi connectivity index (χ1v) is 5.04. The van der Waals surface area contributed by atoms with Gasteiger partial charge < -0.3 is 10.4 Å². The Morgan fingerprint density at radius 2 is 2.25 bits per heavy atom. The number of nitrogens with one attached hydrogen (secondary N) is 1. The van der Waals surface area contributed by atoms with E-state index in [2.05, 4.69) is 10.3 Å². The molecule has 1 amide bonds.